The average molecular weight is 525 g/mol. The van der Waals surface area contributed by atoms with Gasteiger partial charge in [-0.2, -0.15) is 4.98 Å². The van der Waals surface area contributed by atoms with Crippen LogP contribution < -0.4 is 15.0 Å². The SMILES string of the molecule is Cc1ccc(NC(=O)N2CC[C@H](OC(F)(F)F)C2)cc1-c1cc(O[C@H](C)CO)nc(N2CCOCC2)c1. The highest BCUT2D eigenvalue weighted by molar-refractivity contribution is 5.90. The third kappa shape index (κ3) is 7.24. The van der Waals surface area contributed by atoms with Crippen LogP contribution in [0, 0.1) is 6.92 Å². The first-order chi connectivity index (χ1) is 17.6. The molecule has 2 saturated heterocycles. The van der Waals surface area contributed by atoms with Gasteiger partial charge in [0.15, 0.2) is 0 Å². The van der Waals surface area contributed by atoms with Gasteiger partial charge >= 0.3 is 12.4 Å². The zero-order chi connectivity index (χ0) is 26.6. The van der Waals surface area contributed by atoms with E-state index in [1.54, 1.807) is 19.1 Å². The summed E-state index contributed by atoms with van der Waals surface area (Å²) in [6, 6.07) is 8.64. The number of ether oxygens (including phenoxy) is 3. The Kier molecular flexibility index (Phi) is 8.40. The van der Waals surface area contributed by atoms with E-state index in [-0.39, 0.29) is 26.1 Å². The van der Waals surface area contributed by atoms with E-state index in [0.717, 1.165) is 16.7 Å². The topological polar surface area (TPSA) is 96.4 Å². The number of morpholine rings is 1. The molecule has 0 spiro atoms. The van der Waals surface area contributed by atoms with E-state index in [1.807, 2.05) is 25.1 Å². The number of aliphatic hydroxyl groups excluding tert-OH is 1. The second-order valence-corrected chi connectivity index (χ2v) is 9.14. The minimum absolute atomic E-state index is 0.114. The molecule has 12 heteroatoms. The standard InChI is InChI=1S/C25H31F3N4O5/c1-16-3-4-19(29-24(34)32-6-5-20(14-32)37-25(26,27)28)13-21(16)18-11-22(31-7-9-35-10-8-31)30-23(12-18)36-17(2)15-33/h3-4,11-13,17,20,33H,5-10,14-15H2,1-2H3,(H,29,34)/t17-,20+/m1/s1. The van der Waals surface area contributed by atoms with E-state index in [1.165, 1.54) is 4.90 Å². The van der Waals surface area contributed by atoms with E-state index in [0.29, 0.717) is 43.7 Å². The lowest BCUT2D eigenvalue weighted by Gasteiger charge is -2.28. The molecule has 9 nitrogen and oxygen atoms in total. The maximum absolute atomic E-state index is 12.7. The summed E-state index contributed by atoms with van der Waals surface area (Å²) in [4.78, 5) is 20.8. The molecule has 0 saturated carbocycles. The molecule has 2 atom stereocenters. The molecule has 37 heavy (non-hydrogen) atoms. The number of amides is 2. The van der Waals surface area contributed by atoms with Crippen LogP contribution in [0.4, 0.5) is 29.5 Å². The molecule has 0 unspecified atom stereocenters. The molecule has 0 aliphatic carbocycles. The summed E-state index contributed by atoms with van der Waals surface area (Å²) in [6.45, 7) is 6.07. The first-order valence-electron chi connectivity index (χ1n) is 12.1. The number of carbonyl (C=O) groups is 1. The Morgan fingerprint density at radius 3 is 2.70 bits per heavy atom. The molecule has 0 bridgehead atoms. The predicted octanol–water partition coefficient (Wildman–Crippen LogP) is 3.80. The summed E-state index contributed by atoms with van der Waals surface area (Å²) in [5.74, 6) is 1.07. The number of likely N-dealkylation sites (tertiary alicyclic amines) is 1. The van der Waals surface area contributed by atoms with E-state index in [2.05, 4.69) is 19.9 Å². The summed E-state index contributed by atoms with van der Waals surface area (Å²) >= 11 is 0. The van der Waals surface area contributed by atoms with Crippen LogP contribution in [-0.4, -0.2) is 85.6 Å². The van der Waals surface area contributed by atoms with Crippen molar-refractivity contribution in [3.8, 4) is 17.0 Å². The van der Waals surface area contributed by atoms with E-state index in [9.17, 15) is 23.1 Å². The second kappa shape index (κ2) is 11.5. The maximum atomic E-state index is 12.7. The smallest absolute Gasteiger partial charge is 0.472 e. The molecule has 2 fully saturated rings. The van der Waals surface area contributed by atoms with Crippen molar-refractivity contribution in [2.24, 2.45) is 0 Å². The normalized spacial score (nSPS) is 19.1. The number of hydrogen-bond acceptors (Lipinski definition) is 7. The second-order valence-electron chi connectivity index (χ2n) is 9.14. The number of hydrogen-bond donors (Lipinski definition) is 2. The number of aromatic nitrogens is 1. The fourth-order valence-electron chi connectivity index (χ4n) is 4.32. The minimum atomic E-state index is -4.73. The lowest BCUT2D eigenvalue weighted by atomic mass is 10.00. The Bertz CT molecular complexity index is 1090. The third-order valence-corrected chi connectivity index (χ3v) is 6.23. The number of alkyl halides is 3. The summed E-state index contributed by atoms with van der Waals surface area (Å²) in [5.41, 5.74) is 3.08. The van der Waals surface area contributed by atoms with Gasteiger partial charge < -0.3 is 29.7 Å². The fourth-order valence-corrected chi connectivity index (χ4v) is 4.32. The highest BCUT2D eigenvalue weighted by Crippen LogP contribution is 2.33. The van der Waals surface area contributed by atoms with Crippen LogP contribution in [0.1, 0.15) is 18.9 Å². The van der Waals surface area contributed by atoms with Crippen molar-refractivity contribution in [3.63, 3.8) is 0 Å². The van der Waals surface area contributed by atoms with E-state index in [4.69, 9.17) is 9.47 Å². The predicted molar refractivity (Wildman–Crippen MR) is 131 cm³/mol. The van der Waals surface area contributed by atoms with Gasteiger partial charge in [0.2, 0.25) is 5.88 Å². The number of pyridine rings is 1. The summed E-state index contributed by atoms with van der Waals surface area (Å²) < 4.78 is 52.9. The fraction of sp³-hybridized carbons (Fsp3) is 0.520. The van der Waals surface area contributed by atoms with Crippen LogP contribution in [0.15, 0.2) is 30.3 Å². The minimum Gasteiger partial charge on any atom is -0.472 e. The lowest BCUT2D eigenvalue weighted by Crippen LogP contribution is -2.36. The average Bonchev–Trinajstić information content (AvgIpc) is 3.32. The number of carbonyl (C=O) groups excluding carboxylic acids is 1. The Hall–Kier alpha value is -3.09. The van der Waals surface area contributed by atoms with Crippen LogP contribution in [0.3, 0.4) is 0 Å². The largest absolute Gasteiger partial charge is 0.522 e. The van der Waals surface area contributed by atoms with E-state index >= 15 is 0 Å². The first kappa shape index (κ1) is 27.0. The van der Waals surface area contributed by atoms with Crippen molar-refractivity contribution in [1.29, 1.82) is 0 Å². The Labute approximate surface area is 213 Å². The van der Waals surface area contributed by atoms with Crippen molar-refractivity contribution >= 4 is 17.5 Å². The Balaban J connectivity index is 1.55. The van der Waals surface area contributed by atoms with Gasteiger partial charge in [-0.1, -0.05) is 6.07 Å². The van der Waals surface area contributed by atoms with Gasteiger partial charge in [-0.15, -0.1) is 13.2 Å². The van der Waals surface area contributed by atoms with Gasteiger partial charge in [0, 0.05) is 37.9 Å². The van der Waals surface area contributed by atoms with Crippen molar-refractivity contribution in [2.45, 2.75) is 38.8 Å². The monoisotopic (exact) mass is 524 g/mol. The summed E-state index contributed by atoms with van der Waals surface area (Å²) in [6.07, 6.45) is -6.14. The van der Waals surface area contributed by atoms with Crippen LogP contribution >= 0.6 is 0 Å². The number of halogens is 3. The quantitative estimate of drug-likeness (QED) is 0.569. The first-order valence-corrected chi connectivity index (χ1v) is 12.1. The summed E-state index contributed by atoms with van der Waals surface area (Å²) in [5, 5.41) is 12.2. The zero-order valence-corrected chi connectivity index (χ0v) is 20.8. The number of nitrogens with zero attached hydrogens (tertiary/aromatic N) is 3. The van der Waals surface area contributed by atoms with Gasteiger partial charge in [0.25, 0.3) is 0 Å². The van der Waals surface area contributed by atoms with Gasteiger partial charge in [-0.05, 0) is 55.2 Å². The maximum Gasteiger partial charge on any atom is 0.522 e. The highest BCUT2D eigenvalue weighted by atomic mass is 19.4. The van der Waals surface area contributed by atoms with E-state index < -0.39 is 24.6 Å². The number of urea groups is 1. The van der Waals surface area contributed by atoms with Gasteiger partial charge in [-0.25, -0.2) is 4.79 Å². The van der Waals surface area contributed by atoms with Crippen molar-refractivity contribution in [2.75, 3.05) is 56.2 Å². The molecule has 0 radical (unpaired) electrons. The number of rotatable bonds is 7. The van der Waals surface area contributed by atoms with Crippen LogP contribution in [0.25, 0.3) is 11.1 Å². The number of aryl methyl sites for hydroxylation is 1. The van der Waals surface area contributed by atoms with Gasteiger partial charge in [0.05, 0.1) is 25.9 Å². The molecule has 4 rings (SSSR count). The van der Waals surface area contributed by atoms with Gasteiger partial charge in [-0.3, -0.25) is 4.74 Å². The third-order valence-electron chi connectivity index (χ3n) is 6.23. The number of aliphatic hydroxyl groups is 1. The van der Waals surface area contributed by atoms with Crippen LogP contribution in [0.2, 0.25) is 0 Å². The summed E-state index contributed by atoms with van der Waals surface area (Å²) in [7, 11) is 0. The Morgan fingerprint density at radius 1 is 1.24 bits per heavy atom. The lowest BCUT2D eigenvalue weighted by molar-refractivity contribution is -0.340. The molecule has 2 amide bonds. The number of anilines is 2. The van der Waals surface area contributed by atoms with Crippen molar-refractivity contribution < 1.29 is 37.3 Å². The Morgan fingerprint density at radius 2 is 2.00 bits per heavy atom. The van der Waals surface area contributed by atoms with Crippen LogP contribution in [-0.2, 0) is 9.47 Å². The molecule has 202 valence electrons. The molecule has 2 aliphatic rings. The van der Waals surface area contributed by atoms with Gasteiger partial charge in [0.1, 0.15) is 11.9 Å². The number of benzene rings is 1. The van der Waals surface area contributed by atoms with Crippen molar-refractivity contribution in [1.82, 2.24) is 9.88 Å². The number of nitrogens with one attached hydrogen (secondary N) is 1. The zero-order valence-electron chi connectivity index (χ0n) is 20.8. The molecule has 1 aromatic carbocycles. The molecule has 2 aromatic rings. The van der Waals surface area contributed by atoms with Crippen LogP contribution in [0.5, 0.6) is 5.88 Å². The molecule has 3 heterocycles. The molecule has 2 aliphatic heterocycles. The molecule has 2 N–H and O–H groups in total. The van der Waals surface area contributed by atoms with Crippen molar-refractivity contribution in [3.05, 3.63) is 35.9 Å². The molecular formula is C25H31F3N4O5. The molecule has 1 aromatic heterocycles. The molecular weight excluding hydrogens is 493 g/mol. The highest BCUT2D eigenvalue weighted by Gasteiger charge is 2.37.